The molecule has 1 aromatic heterocycles. The van der Waals surface area contributed by atoms with Crippen LogP contribution in [0.2, 0.25) is 0 Å². The van der Waals surface area contributed by atoms with E-state index in [0.717, 1.165) is 45.0 Å². The Balaban J connectivity index is 1.75. The largest absolute Gasteiger partial charge is 0.407 e. The van der Waals surface area contributed by atoms with Crippen LogP contribution in [0.1, 0.15) is 52.3 Å². The maximum atomic E-state index is 5.89. The summed E-state index contributed by atoms with van der Waals surface area (Å²) in [6.45, 7) is 10.1. The van der Waals surface area contributed by atoms with Gasteiger partial charge in [-0.25, -0.2) is 0 Å². The van der Waals surface area contributed by atoms with E-state index in [1.54, 1.807) is 0 Å². The van der Waals surface area contributed by atoms with E-state index in [0.29, 0.717) is 11.4 Å². The maximum absolute atomic E-state index is 5.89. The van der Waals surface area contributed by atoms with Crippen LogP contribution in [0.3, 0.4) is 0 Å². The van der Waals surface area contributed by atoms with Crippen LogP contribution in [0.15, 0.2) is 4.42 Å². The predicted octanol–water partition coefficient (Wildman–Crippen LogP) is 2.76. The molecule has 0 bridgehead atoms. The standard InChI is InChI=1S/C15H25N3O2/c1-14(2,3)12-16-17-13(20-12)18-8-4-5-15(11-18)6-9-19-10-7-15/h4-11H2,1-3H3. The van der Waals surface area contributed by atoms with E-state index < -0.39 is 0 Å². The number of aromatic nitrogens is 2. The van der Waals surface area contributed by atoms with Crippen LogP contribution in [0.4, 0.5) is 6.01 Å². The molecule has 0 N–H and O–H groups in total. The first-order valence-electron chi connectivity index (χ1n) is 7.65. The van der Waals surface area contributed by atoms with Crippen molar-refractivity contribution >= 4 is 6.01 Å². The van der Waals surface area contributed by atoms with Gasteiger partial charge in [0.15, 0.2) is 0 Å². The molecular weight excluding hydrogens is 254 g/mol. The average molecular weight is 279 g/mol. The van der Waals surface area contributed by atoms with Crippen molar-refractivity contribution in [2.75, 3.05) is 31.2 Å². The first kappa shape index (κ1) is 13.9. The number of hydrogen-bond donors (Lipinski definition) is 0. The van der Waals surface area contributed by atoms with Gasteiger partial charge in [0.25, 0.3) is 0 Å². The van der Waals surface area contributed by atoms with Crippen molar-refractivity contribution in [3.8, 4) is 0 Å². The molecule has 2 aliphatic rings. The van der Waals surface area contributed by atoms with E-state index in [1.807, 2.05) is 0 Å². The van der Waals surface area contributed by atoms with Crippen LogP contribution in [0, 0.1) is 5.41 Å². The molecule has 0 aromatic carbocycles. The fourth-order valence-electron chi connectivity index (χ4n) is 3.23. The quantitative estimate of drug-likeness (QED) is 0.791. The van der Waals surface area contributed by atoms with E-state index in [-0.39, 0.29) is 5.41 Å². The van der Waals surface area contributed by atoms with Crippen molar-refractivity contribution in [2.24, 2.45) is 5.41 Å². The zero-order chi connectivity index (χ0) is 14.2. The molecule has 0 radical (unpaired) electrons. The van der Waals surface area contributed by atoms with Gasteiger partial charge in [-0.05, 0) is 31.1 Å². The lowest BCUT2D eigenvalue weighted by molar-refractivity contribution is 0.00687. The smallest absolute Gasteiger partial charge is 0.318 e. The zero-order valence-corrected chi connectivity index (χ0v) is 12.8. The molecule has 0 amide bonds. The van der Waals surface area contributed by atoms with Crippen LogP contribution in [0.5, 0.6) is 0 Å². The van der Waals surface area contributed by atoms with Gasteiger partial charge in [0.1, 0.15) is 0 Å². The number of piperidine rings is 1. The minimum atomic E-state index is -0.0859. The molecular formula is C15H25N3O2. The van der Waals surface area contributed by atoms with Crippen LogP contribution in [-0.2, 0) is 10.2 Å². The van der Waals surface area contributed by atoms with Gasteiger partial charge < -0.3 is 14.1 Å². The third-order valence-electron chi connectivity index (χ3n) is 4.54. The summed E-state index contributed by atoms with van der Waals surface area (Å²) in [6, 6.07) is 0.695. The molecule has 3 heterocycles. The Morgan fingerprint density at radius 2 is 1.85 bits per heavy atom. The van der Waals surface area contributed by atoms with Gasteiger partial charge in [-0.3, -0.25) is 0 Å². The zero-order valence-electron chi connectivity index (χ0n) is 12.8. The Bertz CT molecular complexity index is 452. The molecule has 20 heavy (non-hydrogen) atoms. The Hall–Kier alpha value is -1.10. The molecule has 1 aromatic rings. The predicted molar refractivity (Wildman–Crippen MR) is 76.9 cm³/mol. The van der Waals surface area contributed by atoms with Gasteiger partial charge in [0.2, 0.25) is 5.89 Å². The summed E-state index contributed by atoms with van der Waals surface area (Å²) in [7, 11) is 0. The summed E-state index contributed by atoms with van der Waals surface area (Å²) in [4.78, 5) is 2.27. The second-order valence-electron chi connectivity index (χ2n) is 7.28. The van der Waals surface area contributed by atoms with Crippen molar-refractivity contribution in [1.82, 2.24) is 10.2 Å². The fraction of sp³-hybridized carbons (Fsp3) is 0.867. The molecule has 5 nitrogen and oxygen atoms in total. The Morgan fingerprint density at radius 3 is 2.50 bits per heavy atom. The van der Waals surface area contributed by atoms with E-state index in [1.165, 1.54) is 12.8 Å². The minimum Gasteiger partial charge on any atom is -0.407 e. The van der Waals surface area contributed by atoms with E-state index in [2.05, 4.69) is 35.9 Å². The lowest BCUT2D eigenvalue weighted by Crippen LogP contribution is -2.46. The van der Waals surface area contributed by atoms with Crippen molar-refractivity contribution in [3.05, 3.63) is 5.89 Å². The van der Waals surface area contributed by atoms with Crippen molar-refractivity contribution in [2.45, 2.75) is 51.9 Å². The number of hydrogen-bond acceptors (Lipinski definition) is 5. The summed E-state index contributed by atoms with van der Waals surface area (Å²) in [5.74, 6) is 0.721. The van der Waals surface area contributed by atoms with Crippen LogP contribution in [0.25, 0.3) is 0 Å². The van der Waals surface area contributed by atoms with E-state index in [9.17, 15) is 0 Å². The third kappa shape index (κ3) is 2.68. The van der Waals surface area contributed by atoms with Crippen molar-refractivity contribution in [3.63, 3.8) is 0 Å². The molecule has 5 heteroatoms. The molecule has 0 unspecified atom stereocenters. The van der Waals surface area contributed by atoms with E-state index >= 15 is 0 Å². The lowest BCUT2D eigenvalue weighted by atomic mass is 9.74. The molecule has 0 saturated carbocycles. The highest BCUT2D eigenvalue weighted by Gasteiger charge is 2.38. The summed E-state index contributed by atoms with van der Waals surface area (Å²) in [5.41, 5.74) is 0.310. The Morgan fingerprint density at radius 1 is 1.10 bits per heavy atom. The second kappa shape index (κ2) is 5.02. The van der Waals surface area contributed by atoms with Crippen molar-refractivity contribution < 1.29 is 9.15 Å². The maximum Gasteiger partial charge on any atom is 0.318 e. The summed E-state index contributed by atoms with van der Waals surface area (Å²) < 4.78 is 11.4. The fourth-order valence-corrected chi connectivity index (χ4v) is 3.23. The summed E-state index contributed by atoms with van der Waals surface area (Å²) in [5, 5.41) is 8.48. The highest BCUT2D eigenvalue weighted by Crippen LogP contribution is 2.40. The highest BCUT2D eigenvalue weighted by atomic mass is 16.5. The van der Waals surface area contributed by atoms with Gasteiger partial charge >= 0.3 is 6.01 Å². The molecule has 112 valence electrons. The molecule has 1 spiro atoms. The first-order valence-corrected chi connectivity index (χ1v) is 7.65. The summed E-state index contributed by atoms with van der Waals surface area (Å²) >= 11 is 0. The molecule has 0 aliphatic carbocycles. The molecule has 2 aliphatic heterocycles. The molecule has 3 rings (SSSR count). The number of anilines is 1. The van der Waals surface area contributed by atoms with Gasteiger partial charge in [0.05, 0.1) is 0 Å². The third-order valence-corrected chi connectivity index (χ3v) is 4.54. The minimum absolute atomic E-state index is 0.0859. The van der Waals surface area contributed by atoms with Crippen LogP contribution >= 0.6 is 0 Å². The van der Waals surface area contributed by atoms with E-state index in [4.69, 9.17) is 9.15 Å². The van der Waals surface area contributed by atoms with Crippen LogP contribution < -0.4 is 4.90 Å². The normalized spacial score (nSPS) is 23.2. The van der Waals surface area contributed by atoms with Crippen LogP contribution in [-0.4, -0.2) is 36.5 Å². The van der Waals surface area contributed by atoms with Crippen molar-refractivity contribution in [1.29, 1.82) is 0 Å². The van der Waals surface area contributed by atoms with Gasteiger partial charge in [-0.1, -0.05) is 25.9 Å². The second-order valence-corrected chi connectivity index (χ2v) is 7.28. The topological polar surface area (TPSA) is 51.4 Å². The SMILES string of the molecule is CC(C)(C)c1nnc(N2CCCC3(CCOCC3)C2)o1. The molecule has 0 atom stereocenters. The number of rotatable bonds is 1. The summed E-state index contributed by atoms with van der Waals surface area (Å²) in [6.07, 6.45) is 4.81. The molecule has 2 saturated heterocycles. The average Bonchev–Trinajstić information content (AvgIpc) is 2.89. The Kier molecular flexibility index (Phi) is 3.48. The van der Waals surface area contributed by atoms with Gasteiger partial charge in [-0.2, -0.15) is 0 Å². The first-order chi connectivity index (χ1) is 9.49. The highest BCUT2D eigenvalue weighted by molar-refractivity contribution is 5.27. The Labute approximate surface area is 120 Å². The van der Waals surface area contributed by atoms with Gasteiger partial charge in [-0.15, -0.1) is 5.10 Å². The monoisotopic (exact) mass is 279 g/mol. The number of nitrogens with zero attached hydrogens (tertiary/aromatic N) is 3. The lowest BCUT2D eigenvalue weighted by Gasteiger charge is -2.44. The number of ether oxygens (including phenoxy) is 1. The molecule has 2 fully saturated rings. The van der Waals surface area contributed by atoms with Gasteiger partial charge in [0, 0.05) is 31.7 Å².